The molecule has 0 aromatic heterocycles. The fourth-order valence-electron chi connectivity index (χ4n) is 1.84. The molecule has 98 valence electrons. The van der Waals surface area contributed by atoms with Gasteiger partial charge in [0.2, 0.25) is 5.91 Å². The average Bonchev–Trinajstić information content (AvgIpc) is 2.56. The molecular formula is C11H20N2O4. The van der Waals surface area contributed by atoms with E-state index in [0.717, 1.165) is 0 Å². The fraction of sp³-hybridized carbons (Fsp3) is 0.818. The number of aliphatic hydroxyl groups is 1. The van der Waals surface area contributed by atoms with Crippen LogP contribution in [0.4, 0.5) is 0 Å². The summed E-state index contributed by atoms with van der Waals surface area (Å²) in [4.78, 5) is 24.2. The lowest BCUT2D eigenvalue weighted by Crippen LogP contribution is -2.53. The predicted octanol–water partition coefficient (Wildman–Crippen LogP) is -0.594. The van der Waals surface area contributed by atoms with E-state index >= 15 is 0 Å². The minimum atomic E-state index is -1.10. The van der Waals surface area contributed by atoms with Crippen LogP contribution in [0.25, 0.3) is 0 Å². The van der Waals surface area contributed by atoms with E-state index in [9.17, 15) is 14.7 Å². The summed E-state index contributed by atoms with van der Waals surface area (Å²) in [6, 6.07) is -1.74. The van der Waals surface area contributed by atoms with Crippen LogP contribution in [-0.4, -0.2) is 51.7 Å². The van der Waals surface area contributed by atoms with Gasteiger partial charge in [-0.3, -0.25) is 4.79 Å². The van der Waals surface area contributed by atoms with Crippen LogP contribution in [0.2, 0.25) is 0 Å². The Kier molecular flexibility index (Phi) is 3.78. The summed E-state index contributed by atoms with van der Waals surface area (Å²) >= 11 is 0. The van der Waals surface area contributed by atoms with E-state index in [0.29, 0.717) is 0 Å². The van der Waals surface area contributed by atoms with Crippen LogP contribution in [0.3, 0.4) is 0 Å². The molecule has 1 aliphatic heterocycles. The first-order valence-corrected chi connectivity index (χ1v) is 5.61. The highest BCUT2D eigenvalue weighted by Gasteiger charge is 2.42. The van der Waals surface area contributed by atoms with Gasteiger partial charge in [-0.15, -0.1) is 0 Å². The van der Waals surface area contributed by atoms with Crippen molar-refractivity contribution in [3.63, 3.8) is 0 Å². The molecule has 0 radical (unpaired) electrons. The van der Waals surface area contributed by atoms with E-state index in [4.69, 9.17) is 10.8 Å². The average molecular weight is 244 g/mol. The number of aliphatic hydroxyl groups excluding tert-OH is 1. The van der Waals surface area contributed by atoms with Crippen LogP contribution in [-0.2, 0) is 9.59 Å². The lowest BCUT2D eigenvalue weighted by atomic mass is 9.86. The zero-order valence-electron chi connectivity index (χ0n) is 10.4. The summed E-state index contributed by atoms with van der Waals surface area (Å²) in [7, 11) is 0. The fourth-order valence-corrected chi connectivity index (χ4v) is 1.84. The molecule has 17 heavy (non-hydrogen) atoms. The predicted molar refractivity (Wildman–Crippen MR) is 61.2 cm³/mol. The highest BCUT2D eigenvalue weighted by atomic mass is 16.4. The van der Waals surface area contributed by atoms with Crippen molar-refractivity contribution in [2.75, 3.05) is 6.54 Å². The Morgan fingerprint density at radius 1 is 1.41 bits per heavy atom. The van der Waals surface area contributed by atoms with Gasteiger partial charge in [0.25, 0.3) is 0 Å². The van der Waals surface area contributed by atoms with Crippen LogP contribution < -0.4 is 5.73 Å². The molecule has 0 bridgehead atoms. The van der Waals surface area contributed by atoms with Crippen molar-refractivity contribution < 1.29 is 19.8 Å². The first-order chi connectivity index (χ1) is 7.64. The van der Waals surface area contributed by atoms with Crippen LogP contribution in [0.1, 0.15) is 27.2 Å². The van der Waals surface area contributed by atoms with Gasteiger partial charge in [-0.05, 0) is 5.41 Å². The summed E-state index contributed by atoms with van der Waals surface area (Å²) in [5.41, 5.74) is 5.38. The van der Waals surface area contributed by atoms with Gasteiger partial charge < -0.3 is 20.8 Å². The largest absolute Gasteiger partial charge is 0.480 e. The van der Waals surface area contributed by atoms with Gasteiger partial charge in [-0.1, -0.05) is 20.8 Å². The smallest absolute Gasteiger partial charge is 0.326 e. The van der Waals surface area contributed by atoms with Crippen LogP contribution >= 0.6 is 0 Å². The number of nitrogens with zero attached hydrogens (tertiary/aromatic N) is 1. The third-order valence-electron chi connectivity index (χ3n) is 3.05. The normalized spacial score (nSPS) is 27.0. The molecule has 0 aromatic rings. The van der Waals surface area contributed by atoms with E-state index in [-0.39, 0.29) is 13.0 Å². The SMILES string of the molecule is CC(C)(C)[C@H](N)C(=O)N1C[C@@H](O)C[C@H]1C(=O)O. The van der Waals surface area contributed by atoms with Crippen molar-refractivity contribution in [3.05, 3.63) is 0 Å². The van der Waals surface area contributed by atoms with E-state index < -0.39 is 35.5 Å². The molecule has 0 aliphatic carbocycles. The Balaban J connectivity index is 2.84. The van der Waals surface area contributed by atoms with Gasteiger partial charge in [0.15, 0.2) is 0 Å². The summed E-state index contributed by atoms with van der Waals surface area (Å²) in [6.45, 7) is 5.49. The summed E-state index contributed by atoms with van der Waals surface area (Å²) in [6.07, 6.45) is -0.718. The standard InChI is InChI=1S/C11H20N2O4/c1-11(2,3)8(12)9(15)13-5-6(14)4-7(13)10(16)17/h6-8,14H,4-5,12H2,1-3H3,(H,16,17)/t6-,7-,8+/m0/s1. The first-order valence-electron chi connectivity index (χ1n) is 5.61. The Bertz CT molecular complexity index is 324. The van der Waals surface area contributed by atoms with Crippen molar-refractivity contribution in [2.24, 2.45) is 11.1 Å². The molecular weight excluding hydrogens is 224 g/mol. The number of hydrogen-bond acceptors (Lipinski definition) is 4. The van der Waals surface area contributed by atoms with Crippen LogP contribution in [0.5, 0.6) is 0 Å². The van der Waals surface area contributed by atoms with Crippen molar-refractivity contribution >= 4 is 11.9 Å². The Labute approximate surface area is 100 Å². The number of hydrogen-bond donors (Lipinski definition) is 3. The molecule has 6 nitrogen and oxygen atoms in total. The molecule has 6 heteroatoms. The van der Waals surface area contributed by atoms with E-state index in [1.165, 1.54) is 4.90 Å². The maximum Gasteiger partial charge on any atom is 0.326 e. The van der Waals surface area contributed by atoms with Gasteiger partial charge in [0, 0.05) is 13.0 Å². The Morgan fingerprint density at radius 3 is 2.35 bits per heavy atom. The number of amides is 1. The second kappa shape index (κ2) is 4.62. The highest BCUT2D eigenvalue weighted by molar-refractivity contribution is 5.88. The minimum Gasteiger partial charge on any atom is -0.480 e. The number of carbonyl (C=O) groups is 2. The molecule has 1 rings (SSSR count). The molecule has 0 spiro atoms. The third kappa shape index (κ3) is 2.95. The van der Waals surface area contributed by atoms with Gasteiger partial charge >= 0.3 is 5.97 Å². The zero-order valence-corrected chi connectivity index (χ0v) is 10.4. The summed E-state index contributed by atoms with van der Waals surface area (Å²) in [5.74, 6) is -1.52. The summed E-state index contributed by atoms with van der Waals surface area (Å²) in [5, 5.41) is 18.4. The highest BCUT2D eigenvalue weighted by Crippen LogP contribution is 2.24. The molecule has 0 unspecified atom stereocenters. The van der Waals surface area contributed by atoms with Gasteiger partial charge in [0.05, 0.1) is 12.1 Å². The number of β-amino-alcohol motifs (C(OH)–C–C–N with tert-alkyl or cyclic N) is 1. The van der Waals surface area contributed by atoms with Crippen molar-refractivity contribution in [1.82, 2.24) is 4.90 Å². The number of carboxylic acid groups (broad SMARTS) is 1. The quantitative estimate of drug-likeness (QED) is 0.602. The van der Waals surface area contributed by atoms with E-state index in [1.54, 1.807) is 0 Å². The zero-order chi connectivity index (χ0) is 13.4. The number of likely N-dealkylation sites (tertiary alicyclic amines) is 1. The van der Waals surface area contributed by atoms with Crippen molar-refractivity contribution in [3.8, 4) is 0 Å². The third-order valence-corrected chi connectivity index (χ3v) is 3.05. The van der Waals surface area contributed by atoms with Gasteiger partial charge in [0.1, 0.15) is 6.04 Å². The first kappa shape index (κ1) is 13.9. The second-order valence-corrected chi connectivity index (χ2v) is 5.58. The Morgan fingerprint density at radius 2 is 1.94 bits per heavy atom. The number of nitrogens with two attached hydrogens (primary N) is 1. The van der Waals surface area contributed by atoms with Crippen LogP contribution in [0, 0.1) is 5.41 Å². The van der Waals surface area contributed by atoms with Gasteiger partial charge in [-0.25, -0.2) is 4.79 Å². The molecule has 4 N–H and O–H groups in total. The monoisotopic (exact) mass is 244 g/mol. The molecule has 1 saturated heterocycles. The Hall–Kier alpha value is -1.14. The lowest BCUT2D eigenvalue weighted by molar-refractivity contribution is -0.149. The minimum absolute atomic E-state index is 0.0413. The number of rotatable bonds is 2. The number of carbonyl (C=O) groups excluding carboxylic acids is 1. The molecule has 1 aliphatic rings. The molecule has 0 aromatic carbocycles. The molecule has 0 saturated carbocycles. The maximum absolute atomic E-state index is 12.1. The second-order valence-electron chi connectivity index (χ2n) is 5.58. The van der Waals surface area contributed by atoms with Crippen LogP contribution in [0.15, 0.2) is 0 Å². The van der Waals surface area contributed by atoms with Crippen molar-refractivity contribution in [2.45, 2.75) is 45.4 Å². The number of aliphatic carboxylic acids is 1. The van der Waals surface area contributed by atoms with E-state index in [2.05, 4.69) is 0 Å². The molecule has 1 heterocycles. The van der Waals surface area contributed by atoms with Gasteiger partial charge in [-0.2, -0.15) is 0 Å². The number of carboxylic acids is 1. The topological polar surface area (TPSA) is 104 Å². The lowest BCUT2D eigenvalue weighted by Gasteiger charge is -2.31. The van der Waals surface area contributed by atoms with Crippen molar-refractivity contribution in [1.29, 1.82) is 0 Å². The maximum atomic E-state index is 12.1. The summed E-state index contributed by atoms with van der Waals surface area (Å²) < 4.78 is 0. The molecule has 1 fully saturated rings. The molecule has 3 atom stereocenters. The molecule has 1 amide bonds. The van der Waals surface area contributed by atoms with E-state index in [1.807, 2.05) is 20.8 Å².